The molecule has 0 aliphatic rings. The van der Waals surface area contributed by atoms with Crippen LogP contribution < -0.4 is 10.6 Å². The van der Waals surface area contributed by atoms with Crippen molar-refractivity contribution in [3.05, 3.63) is 30.1 Å². The van der Waals surface area contributed by atoms with E-state index in [2.05, 4.69) is 15.0 Å². The highest BCUT2D eigenvalue weighted by molar-refractivity contribution is 5.57. The molecule has 1 aromatic heterocycles. The quantitative estimate of drug-likeness (QED) is 0.847. The van der Waals surface area contributed by atoms with E-state index in [9.17, 15) is 4.39 Å². The summed E-state index contributed by atoms with van der Waals surface area (Å²) in [6.07, 6.45) is 0. The average molecular weight is 233 g/mol. The molecule has 0 bridgehead atoms. The van der Waals surface area contributed by atoms with Gasteiger partial charge in [-0.05, 0) is 24.3 Å². The number of hydrogen-bond donors (Lipinski definition) is 1. The zero-order chi connectivity index (χ0) is 12.4. The van der Waals surface area contributed by atoms with Gasteiger partial charge in [-0.25, -0.2) is 4.39 Å². The third kappa shape index (κ3) is 2.47. The van der Waals surface area contributed by atoms with E-state index in [1.807, 2.05) is 14.1 Å². The van der Waals surface area contributed by atoms with Gasteiger partial charge in [-0.15, -0.1) is 0 Å². The summed E-state index contributed by atoms with van der Waals surface area (Å²) in [6, 6.07) is 5.91. The SMILES string of the molecule is CN(C)c1nc(N)nc(-c2ccc(F)cc2)n1. The van der Waals surface area contributed by atoms with Crippen molar-refractivity contribution in [1.29, 1.82) is 0 Å². The molecule has 0 saturated heterocycles. The van der Waals surface area contributed by atoms with Gasteiger partial charge in [0.05, 0.1) is 0 Å². The second kappa shape index (κ2) is 4.32. The van der Waals surface area contributed by atoms with E-state index < -0.39 is 0 Å². The predicted molar refractivity (Wildman–Crippen MR) is 64.0 cm³/mol. The van der Waals surface area contributed by atoms with E-state index in [-0.39, 0.29) is 11.8 Å². The first-order valence-corrected chi connectivity index (χ1v) is 5.01. The number of rotatable bonds is 2. The average Bonchev–Trinajstić information content (AvgIpc) is 2.29. The van der Waals surface area contributed by atoms with Crippen LogP contribution >= 0.6 is 0 Å². The molecule has 2 rings (SSSR count). The molecule has 17 heavy (non-hydrogen) atoms. The number of hydrogen-bond acceptors (Lipinski definition) is 5. The smallest absolute Gasteiger partial charge is 0.230 e. The highest BCUT2D eigenvalue weighted by Gasteiger charge is 2.08. The van der Waals surface area contributed by atoms with E-state index in [0.29, 0.717) is 17.3 Å². The Labute approximate surface area is 98.1 Å². The number of nitrogens with two attached hydrogens (primary N) is 1. The Morgan fingerprint density at radius 3 is 2.29 bits per heavy atom. The first-order chi connectivity index (χ1) is 8.06. The van der Waals surface area contributed by atoms with Gasteiger partial charge < -0.3 is 10.6 Å². The summed E-state index contributed by atoms with van der Waals surface area (Å²) in [5.41, 5.74) is 6.30. The number of nitrogen functional groups attached to an aromatic ring is 1. The Bertz CT molecular complexity index is 524. The lowest BCUT2D eigenvalue weighted by Gasteiger charge is -2.11. The topological polar surface area (TPSA) is 67.9 Å². The Hall–Kier alpha value is -2.24. The fraction of sp³-hybridized carbons (Fsp3) is 0.182. The molecule has 0 saturated carbocycles. The molecule has 88 valence electrons. The van der Waals surface area contributed by atoms with E-state index in [1.165, 1.54) is 12.1 Å². The van der Waals surface area contributed by atoms with Crippen LogP contribution in [0.1, 0.15) is 0 Å². The lowest BCUT2D eigenvalue weighted by Crippen LogP contribution is -2.15. The van der Waals surface area contributed by atoms with Crippen LogP contribution in [0, 0.1) is 5.82 Å². The number of nitrogens with zero attached hydrogens (tertiary/aromatic N) is 4. The molecule has 0 atom stereocenters. The van der Waals surface area contributed by atoms with Crippen LogP contribution in [-0.4, -0.2) is 29.0 Å². The van der Waals surface area contributed by atoms with Gasteiger partial charge in [0.1, 0.15) is 5.82 Å². The van der Waals surface area contributed by atoms with Crippen LogP contribution in [0.15, 0.2) is 24.3 Å². The maximum Gasteiger partial charge on any atom is 0.230 e. The molecule has 0 unspecified atom stereocenters. The molecular weight excluding hydrogens is 221 g/mol. The van der Waals surface area contributed by atoms with Crippen LogP contribution in [0.5, 0.6) is 0 Å². The first-order valence-electron chi connectivity index (χ1n) is 5.01. The molecule has 0 amide bonds. The third-order valence-corrected chi connectivity index (χ3v) is 2.14. The molecular formula is C11H12FN5. The highest BCUT2D eigenvalue weighted by Crippen LogP contribution is 2.18. The molecule has 2 aromatic rings. The summed E-state index contributed by atoms with van der Waals surface area (Å²) in [5, 5.41) is 0. The zero-order valence-electron chi connectivity index (χ0n) is 9.55. The Balaban J connectivity index is 2.48. The van der Waals surface area contributed by atoms with Gasteiger partial charge in [0.2, 0.25) is 11.9 Å². The molecule has 2 N–H and O–H groups in total. The van der Waals surface area contributed by atoms with E-state index in [4.69, 9.17) is 5.73 Å². The number of aromatic nitrogens is 3. The summed E-state index contributed by atoms with van der Waals surface area (Å²) in [6.45, 7) is 0. The molecule has 0 fully saturated rings. The molecule has 5 nitrogen and oxygen atoms in total. The fourth-order valence-electron chi connectivity index (χ4n) is 1.31. The van der Waals surface area contributed by atoms with Crippen LogP contribution in [0.2, 0.25) is 0 Å². The van der Waals surface area contributed by atoms with Crippen LogP contribution in [-0.2, 0) is 0 Å². The van der Waals surface area contributed by atoms with Gasteiger partial charge >= 0.3 is 0 Å². The molecule has 0 aliphatic carbocycles. The summed E-state index contributed by atoms with van der Waals surface area (Å²) in [4.78, 5) is 14.0. The van der Waals surface area contributed by atoms with Crippen LogP contribution in [0.25, 0.3) is 11.4 Å². The van der Waals surface area contributed by atoms with E-state index >= 15 is 0 Å². The predicted octanol–water partition coefficient (Wildman–Crippen LogP) is 1.33. The van der Waals surface area contributed by atoms with Crippen molar-refractivity contribution in [3.63, 3.8) is 0 Å². The third-order valence-electron chi connectivity index (χ3n) is 2.14. The van der Waals surface area contributed by atoms with Crippen molar-refractivity contribution in [2.45, 2.75) is 0 Å². The largest absolute Gasteiger partial charge is 0.368 e. The maximum absolute atomic E-state index is 12.8. The van der Waals surface area contributed by atoms with Crippen molar-refractivity contribution >= 4 is 11.9 Å². The van der Waals surface area contributed by atoms with Crippen molar-refractivity contribution < 1.29 is 4.39 Å². The molecule has 1 heterocycles. The van der Waals surface area contributed by atoms with Gasteiger partial charge in [-0.2, -0.15) is 15.0 Å². The van der Waals surface area contributed by atoms with Crippen molar-refractivity contribution in [1.82, 2.24) is 15.0 Å². The van der Waals surface area contributed by atoms with Crippen LogP contribution in [0.4, 0.5) is 16.3 Å². The minimum atomic E-state index is -0.302. The molecule has 6 heteroatoms. The molecule has 0 spiro atoms. The van der Waals surface area contributed by atoms with Gasteiger partial charge in [0.15, 0.2) is 5.82 Å². The second-order valence-electron chi connectivity index (χ2n) is 3.72. The number of anilines is 2. The molecule has 0 aliphatic heterocycles. The van der Waals surface area contributed by atoms with Crippen LogP contribution in [0.3, 0.4) is 0 Å². The Kier molecular flexibility index (Phi) is 2.86. The second-order valence-corrected chi connectivity index (χ2v) is 3.72. The van der Waals surface area contributed by atoms with E-state index in [1.54, 1.807) is 17.0 Å². The number of halogens is 1. The summed E-state index contributed by atoms with van der Waals surface area (Å²) < 4.78 is 12.8. The summed E-state index contributed by atoms with van der Waals surface area (Å²) in [5.74, 6) is 0.740. The van der Waals surface area contributed by atoms with Gasteiger partial charge in [-0.3, -0.25) is 0 Å². The van der Waals surface area contributed by atoms with Crippen molar-refractivity contribution in [2.75, 3.05) is 24.7 Å². The summed E-state index contributed by atoms with van der Waals surface area (Å²) >= 11 is 0. The van der Waals surface area contributed by atoms with Gasteiger partial charge in [-0.1, -0.05) is 0 Å². The van der Waals surface area contributed by atoms with Gasteiger partial charge in [0.25, 0.3) is 0 Å². The first kappa shape index (κ1) is 11.3. The minimum Gasteiger partial charge on any atom is -0.368 e. The van der Waals surface area contributed by atoms with Gasteiger partial charge in [0, 0.05) is 19.7 Å². The Morgan fingerprint density at radius 2 is 1.71 bits per heavy atom. The molecule has 0 radical (unpaired) electrons. The molecule has 1 aromatic carbocycles. The standard InChI is InChI=1S/C11H12FN5/c1-17(2)11-15-9(14-10(13)16-11)7-3-5-8(12)6-4-7/h3-6H,1-2H3,(H2,13,14,15,16). The zero-order valence-corrected chi connectivity index (χ0v) is 9.55. The maximum atomic E-state index is 12.8. The van der Waals surface area contributed by atoms with E-state index in [0.717, 1.165) is 0 Å². The normalized spacial score (nSPS) is 10.3. The highest BCUT2D eigenvalue weighted by atomic mass is 19.1. The monoisotopic (exact) mass is 233 g/mol. The Morgan fingerprint density at radius 1 is 1.06 bits per heavy atom. The summed E-state index contributed by atoms with van der Waals surface area (Å²) in [7, 11) is 3.62. The van der Waals surface area contributed by atoms with Crippen molar-refractivity contribution in [3.8, 4) is 11.4 Å². The minimum absolute atomic E-state index is 0.142. The lowest BCUT2D eigenvalue weighted by atomic mass is 10.2. The lowest BCUT2D eigenvalue weighted by molar-refractivity contribution is 0.628. The fourth-order valence-corrected chi connectivity index (χ4v) is 1.31. The number of benzene rings is 1. The van der Waals surface area contributed by atoms with Crippen molar-refractivity contribution in [2.24, 2.45) is 0 Å².